The Kier molecular flexibility index (Phi) is 7.49. The normalized spacial score (nSPS) is 22.9. The molecule has 12 heteroatoms. The first-order valence-corrected chi connectivity index (χ1v) is 16.3. The predicted octanol–water partition coefficient (Wildman–Crippen LogP) is 5.71. The molecular weight excluding hydrogens is 581 g/mol. The van der Waals surface area contributed by atoms with E-state index in [0.717, 1.165) is 30.7 Å². The first-order chi connectivity index (χ1) is 20.5. The van der Waals surface area contributed by atoms with Gasteiger partial charge in [-0.25, -0.2) is 13.4 Å². The number of halogens is 3. The summed E-state index contributed by atoms with van der Waals surface area (Å²) >= 11 is 0. The zero-order chi connectivity index (χ0) is 30.4. The molecule has 3 aliphatic rings. The number of sulfone groups is 1. The highest BCUT2D eigenvalue weighted by atomic mass is 32.2. The summed E-state index contributed by atoms with van der Waals surface area (Å²) in [5, 5.41) is 12.4. The molecule has 0 radical (unpaired) electrons. The number of aromatic nitrogens is 1. The minimum absolute atomic E-state index is 0.0295. The van der Waals surface area contributed by atoms with Gasteiger partial charge < -0.3 is 14.6 Å². The topological polar surface area (TPSA) is 116 Å². The van der Waals surface area contributed by atoms with Crippen molar-refractivity contribution in [2.75, 3.05) is 29.5 Å². The van der Waals surface area contributed by atoms with Gasteiger partial charge in [0.2, 0.25) is 11.8 Å². The number of anilines is 1. The molecule has 2 atom stereocenters. The number of amides is 1. The third kappa shape index (κ3) is 6.13. The van der Waals surface area contributed by atoms with Crippen molar-refractivity contribution in [2.24, 2.45) is 5.92 Å². The van der Waals surface area contributed by atoms with Gasteiger partial charge in [-0.2, -0.15) is 18.4 Å². The molecule has 2 heterocycles. The van der Waals surface area contributed by atoms with Crippen LogP contribution in [-0.2, 0) is 20.8 Å². The Morgan fingerprint density at radius 3 is 2.40 bits per heavy atom. The van der Waals surface area contributed by atoms with Crippen molar-refractivity contribution in [3.05, 3.63) is 59.9 Å². The van der Waals surface area contributed by atoms with Gasteiger partial charge in [0.25, 0.3) is 0 Å². The largest absolute Gasteiger partial charge is 0.440 e. The molecule has 1 saturated heterocycles. The lowest BCUT2D eigenvalue weighted by Crippen LogP contribution is -2.42. The fraction of sp³-hybridized carbons (Fsp3) is 0.452. The molecule has 1 aromatic heterocycles. The monoisotopic (exact) mass is 612 g/mol. The number of nitrogens with one attached hydrogen (secondary N) is 1. The van der Waals surface area contributed by atoms with Crippen LogP contribution < -0.4 is 10.2 Å². The number of hydrogen-bond donors (Lipinski definition) is 1. The average molecular weight is 613 g/mol. The van der Waals surface area contributed by atoms with Crippen LogP contribution in [0.4, 0.5) is 18.9 Å². The van der Waals surface area contributed by atoms with Crippen LogP contribution in [0.3, 0.4) is 0 Å². The molecule has 43 heavy (non-hydrogen) atoms. The van der Waals surface area contributed by atoms with Crippen molar-refractivity contribution in [1.29, 1.82) is 5.26 Å². The lowest BCUT2D eigenvalue weighted by molar-refractivity contribution is -0.137. The zero-order valence-electron chi connectivity index (χ0n) is 23.4. The average Bonchev–Trinajstić information content (AvgIpc) is 3.63. The van der Waals surface area contributed by atoms with E-state index in [-0.39, 0.29) is 34.8 Å². The first kappa shape index (κ1) is 29.2. The number of hydrogen-bond acceptors (Lipinski definition) is 7. The third-order valence-corrected chi connectivity index (χ3v) is 10.3. The Morgan fingerprint density at radius 2 is 1.74 bits per heavy atom. The molecule has 6 rings (SSSR count). The van der Waals surface area contributed by atoms with Crippen molar-refractivity contribution in [3.8, 4) is 28.8 Å². The van der Waals surface area contributed by atoms with Crippen molar-refractivity contribution >= 4 is 21.4 Å². The summed E-state index contributed by atoms with van der Waals surface area (Å²) < 4.78 is 70.6. The summed E-state index contributed by atoms with van der Waals surface area (Å²) in [4.78, 5) is 20.1. The number of benzene rings is 2. The molecule has 0 spiro atoms. The quantitative estimate of drug-likeness (QED) is 0.379. The highest BCUT2D eigenvalue weighted by molar-refractivity contribution is 7.91. The number of alkyl halides is 3. The number of oxazole rings is 1. The van der Waals surface area contributed by atoms with Crippen LogP contribution in [0.25, 0.3) is 22.7 Å². The minimum Gasteiger partial charge on any atom is -0.440 e. The van der Waals surface area contributed by atoms with E-state index in [2.05, 4.69) is 11.4 Å². The molecular formula is C31H31F3N4O4S. The predicted molar refractivity (Wildman–Crippen MR) is 154 cm³/mol. The lowest BCUT2D eigenvalue weighted by Gasteiger charge is -2.30. The molecule has 0 bridgehead atoms. The molecule has 2 aromatic carbocycles. The Labute approximate surface area is 247 Å². The van der Waals surface area contributed by atoms with E-state index in [1.807, 2.05) is 29.2 Å². The van der Waals surface area contributed by atoms with Crippen molar-refractivity contribution < 1.29 is 30.8 Å². The van der Waals surface area contributed by atoms with Crippen LogP contribution in [-0.4, -0.2) is 49.4 Å². The maximum atomic E-state index is 13.5. The maximum Gasteiger partial charge on any atom is 0.416 e. The Bertz CT molecular complexity index is 1660. The summed E-state index contributed by atoms with van der Waals surface area (Å²) in [5.41, 5.74) is 0.503. The molecule has 8 nitrogen and oxygen atoms in total. The number of carbonyl (C=O) groups excluding carboxylic acids is 1. The fourth-order valence-corrected chi connectivity index (χ4v) is 7.22. The smallest absolute Gasteiger partial charge is 0.416 e. The summed E-state index contributed by atoms with van der Waals surface area (Å²) in [7, 11) is -3.04. The molecule has 3 aromatic rings. The second-order valence-corrected chi connectivity index (χ2v) is 14.0. The van der Waals surface area contributed by atoms with E-state index in [0.29, 0.717) is 55.8 Å². The van der Waals surface area contributed by atoms with Gasteiger partial charge in [0, 0.05) is 41.7 Å². The molecule has 2 saturated carbocycles. The summed E-state index contributed by atoms with van der Waals surface area (Å²) in [6, 6.07) is 14.4. The van der Waals surface area contributed by atoms with E-state index in [1.54, 1.807) is 0 Å². The van der Waals surface area contributed by atoms with Gasteiger partial charge in [-0.15, -0.1) is 0 Å². The van der Waals surface area contributed by atoms with Crippen LogP contribution in [0.2, 0.25) is 0 Å². The standard InChI is InChI=1S/C31H31F3N4O4S/c32-31(33,34)22-5-3-4-21(18-22)29-36-26(20-8-10-23(11-9-20)38-14-16-43(40,41)17-15-38)27(42-29)24-6-1-2-7-25(24)28(39)37-30(19-35)12-13-30/h3-5,8-11,18,24-25H,1-2,6-7,12-17H2,(H,37,39)/t24-,25-/m1/s1. The molecule has 3 fully saturated rings. The first-order valence-electron chi connectivity index (χ1n) is 14.4. The van der Waals surface area contributed by atoms with Crippen molar-refractivity contribution in [3.63, 3.8) is 0 Å². The Hall–Kier alpha value is -3.85. The van der Waals surface area contributed by atoms with Gasteiger partial charge in [0.05, 0.1) is 23.1 Å². The van der Waals surface area contributed by atoms with E-state index < -0.39 is 33.0 Å². The van der Waals surface area contributed by atoms with Crippen molar-refractivity contribution in [1.82, 2.24) is 10.3 Å². The van der Waals surface area contributed by atoms with Gasteiger partial charge in [0.1, 0.15) is 17.0 Å². The second kappa shape index (κ2) is 11.0. The van der Waals surface area contributed by atoms with Crippen LogP contribution in [0.15, 0.2) is 52.9 Å². The molecule has 1 N–H and O–H groups in total. The van der Waals surface area contributed by atoms with Gasteiger partial charge >= 0.3 is 6.18 Å². The SMILES string of the molecule is N#CC1(NC(=O)[C@@H]2CCCC[C@H]2c2oc(-c3cccc(C(F)(F)F)c3)nc2-c2ccc(N3CCS(=O)(=O)CC3)cc2)CC1. The highest BCUT2D eigenvalue weighted by Crippen LogP contribution is 2.45. The molecule has 0 unspecified atom stereocenters. The van der Waals surface area contributed by atoms with Crippen molar-refractivity contribution in [2.45, 2.75) is 56.2 Å². The number of carbonyl (C=O) groups is 1. The zero-order valence-corrected chi connectivity index (χ0v) is 24.2. The molecule has 1 amide bonds. The van der Waals surface area contributed by atoms with Crippen LogP contribution in [0.5, 0.6) is 0 Å². The van der Waals surface area contributed by atoms with E-state index >= 15 is 0 Å². The second-order valence-electron chi connectivity index (χ2n) is 11.7. The Balaban J connectivity index is 1.37. The number of rotatable bonds is 6. The van der Waals surface area contributed by atoms with E-state index in [1.165, 1.54) is 12.1 Å². The van der Waals surface area contributed by atoms with E-state index in [9.17, 15) is 31.6 Å². The van der Waals surface area contributed by atoms with Crippen LogP contribution in [0, 0.1) is 17.2 Å². The van der Waals surface area contributed by atoms with Crippen LogP contribution in [0.1, 0.15) is 55.8 Å². The molecule has 2 aliphatic carbocycles. The van der Waals surface area contributed by atoms with Gasteiger partial charge in [0.15, 0.2) is 9.84 Å². The minimum atomic E-state index is -4.54. The number of nitriles is 1. The van der Waals surface area contributed by atoms with Crippen LogP contribution >= 0.6 is 0 Å². The summed E-state index contributed by atoms with van der Waals surface area (Å²) in [6.07, 6.45) is -0.434. The summed E-state index contributed by atoms with van der Waals surface area (Å²) in [6.45, 7) is 0.777. The fourth-order valence-electron chi connectivity index (χ4n) is 6.02. The van der Waals surface area contributed by atoms with Gasteiger partial charge in [-0.1, -0.05) is 31.0 Å². The van der Waals surface area contributed by atoms with Gasteiger partial charge in [-0.3, -0.25) is 4.79 Å². The lowest BCUT2D eigenvalue weighted by atomic mass is 9.76. The third-order valence-electron chi connectivity index (χ3n) is 8.71. The highest BCUT2D eigenvalue weighted by Gasteiger charge is 2.47. The van der Waals surface area contributed by atoms with E-state index in [4.69, 9.17) is 9.40 Å². The summed E-state index contributed by atoms with van der Waals surface area (Å²) in [5.74, 6) is -0.441. The molecule has 1 aliphatic heterocycles. The molecule has 226 valence electrons. The Morgan fingerprint density at radius 1 is 1.05 bits per heavy atom. The maximum absolute atomic E-state index is 13.5. The number of nitrogens with zero attached hydrogens (tertiary/aromatic N) is 3. The van der Waals surface area contributed by atoms with Gasteiger partial charge in [-0.05, 0) is 56.0 Å².